The van der Waals surface area contributed by atoms with E-state index in [4.69, 9.17) is 0 Å². The fourth-order valence-corrected chi connectivity index (χ4v) is 2.38. The van der Waals surface area contributed by atoms with E-state index in [0.717, 1.165) is 25.2 Å². The molecule has 1 N–H and O–H groups in total. The molecule has 0 spiro atoms. The van der Waals surface area contributed by atoms with Crippen molar-refractivity contribution in [2.45, 2.75) is 39.2 Å². The second-order valence-corrected chi connectivity index (χ2v) is 4.84. The normalized spacial score (nSPS) is 12.6. The van der Waals surface area contributed by atoms with Gasteiger partial charge in [0.25, 0.3) is 0 Å². The lowest BCUT2D eigenvalue weighted by atomic mass is 9.92. The van der Waals surface area contributed by atoms with Crippen LogP contribution in [0.25, 0.3) is 0 Å². The van der Waals surface area contributed by atoms with Gasteiger partial charge in [0.1, 0.15) is 12.2 Å². The molecule has 1 heterocycles. The predicted molar refractivity (Wildman–Crippen MR) is 75.0 cm³/mol. The minimum atomic E-state index is 0.0843. The van der Waals surface area contributed by atoms with Crippen LogP contribution in [0.4, 0.5) is 0 Å². The molecule has 0 aliphatic carbocycles. The van der Waals surface area contributed by atoms with Gasteiger partial charge in [0.15, 0.2) is 0 Å². The summed E-state index contributed by atoms with van der Waals surface area (Å²) in [4.78, 5) is 4.32. The van der Waals surface area contributed by atoms with Crippen LogP contribution in [0.5, 0.6) is 0 Å². The van der Waals surface area contributed by atoms with Gasteiger partial charge in [-0.2, -0.15) is 5.10 Å². The monoisotopic (exact) mass is 259 g/mol. The van der Waals surface area contributed by atoms with Gasteiger partial charge in [0, 0.05) is 18.9 Å². The molecule has 0 bridgehead atoms. The van der Waals surface area contributed by atoms with Crippen LogP contribution in [-0.2, 0) is 13.0 Å². The Kier molecular flexibility index (Phi) is 4.68. The number of aliphatic hydroxyl groups excluding tert-OH is 1. The maximum atomic E-state index is 9.67. The summed E-state index contributed by atoms with van der Waals surface area (Å²) in [6.45, 7) is 5.20. The summed E-state index contributed by atoms with van der Waals surface area (Å²) in [5.74, 6) is 1.03. The lowest BCUT2D eigenvalue weighted by molar-refractivity contribution is 0.261. The highest BCUT2D eigenvalue weighted by Crippen LogP contribution is 2.22. The van der Waals surface area contributed by atoms with Crippen molar-refractivity contribution in [3.05, 3.63) is 47.5 Å². The molecule has 1 aromatic heterocycles. The first-order chi connectivity index (χ1) is 9.26. The SMILES string of the molecule is CCCn1ncnc1CC(CO)c1ccccc1C. The first-order valence-electron chi connectivity index (χ1n) is 6.79. The van der Waals surface area contributed by atoms with Crippen LogP contribution in [0.2, 0.25) is 0 Å². The largest absolute Gasteiger partial charge is 0.396 e. The number of nitrogens with zero attached hydrogens (tertiary/aromatic N) is 3. The quantitative estimate of drug-likeness (QED) is 0.866. The Morgan fingerprint density at radius 3 is 2.79 bits per heavy atom. The van der Waals surface area contributed by atoms with Crippen LogP contribution in [0, 0.1) is 6.92 Å². The maximum absolute atomic E-state index is 9.67. The molecule has 0 saturated carbocycles. The maximum Gasteiger partial charge on any atom is 0.138 e. The molecule has 0 saturated heterocycles. The van der Waals surface area contributed by atoms with Gasteiger partial charge in [-0.15, -0.1) is 0 Å². The Morgan fingerprint density at radius 2 is 2.11 bits per heavy atom. The Labute approximate surface area is 114 Å². The van der Waals surface area contributed by atoms with E-state index in [1.807, 2.05) is 16.8 Å². The lowest BCUT2D eigenvalue weighted by Crippen LogP contribution is -2.14. The van der Waals surface area contributed by atoms with E-state index in [2.05, 4.69) is 36.1 Å². The third-order valence-electron chi connectivity index (χ3n) is 3.41. The third kappa shape index (κ3) is 3.20. The molecule has 2 rings (SSSR count). The van der Waals surface area contributed by atoms with E-state index < -0.39 is 0 Å². The molecule has 0 radical (unpaired) electrons. The van der Waals surface area contributed by atoms with Crippen molar-refractivity contribution < 1.29 is 5.11 Å². The van der Waals surface area contributed by atoms with Crippen molar-refractivity contribution in [1.82, 2.24) is 14.8 Å². The molecular formula is C15H21N3O. The first-order valence-corrected chi connectivity index (χ1v) is 6.79. The molecule has 0 fully saturated rings. The lowest BCUT2D eigenvalue weighted by Gasteiger charge is -2.17. The smallest absolute Gasteiger partial charge is 0.138 e. The van der Waals surface area contributed by atoms with Crippen LogP contribution in [0.15, 0.2) is 30.6 Å². The Morgan fingerprint density at radius 1 is 1.32 bits per heavy atom. The molecule has 1 unspecified atom stereocenters. The zero-order chi connectivity index (χ0) is 13.7. The Balaban J connectivity index is 2.19. The van der Waals surface area contributed by atoms with Gasteiger partial charge >= 0.3 is 0 Å². The van der Waals surface area contributed by atoms with Crippen LogP contribution in [0.1, 0.15) is 36.2 Å². The number of aryl methyl sites for hydroxylation is 2. The Bertz CT molecular complexity index is 522. The predicted octanol–water partition coefficient (Wildman–Crippen LogP) is 2.32. The van der Waals surface area contributed by atoms with Gasteiger partial charge < -0.3 is 5.11 Å². The molecule has 102 valence electrons. The second kappa shape index (κ2) is 6.48. The van der Waals surface area contributed by atoms with Gasteiger partial charge in [-0.3, -0.25) is 4.68 Å². The molecule has 0 aliphatic heterocycles. The minimum Gasteiger partial charge on any atom is -0.396 e. The summed E-state index contributed by atoms with van der Waals surface area (Å²) in [6.07, 6.45) is 3.35. The summed E-state index contributed by atoms with van der Waals surface area (Å²) in [5.41, 5.74) is 2.40. The van der Waals surface area contributed by atoms with Crippen molar-refractivity contribution in [1.29, 1.82) is 0 Å². The molecule has 19 heavy (non-hydrogen) atoms. The van der Waals surface area contributed by atoms with Crippen LogP contribution >= 0.6 is 0 Å². The molecule has 4 heteroatoms. The van der Waals surface area contributed by atoms with Gasteiger partial charge in [-0.1, -0.05) is 31.2 Å². The topological polar surface area (TPSA) is 50.9 Å². The summed E-state index contributed by atoms with van der Waals surface area (Å²) in [5, 5.41) is 13.9. The standard InChI is InChI=1S/C15H21N3O/c1-3-8-18-15(16-11-17-18)9-13(10-19)14-7-5-4-6-12(14)2/h4-7,11,13,19H,3,8-10H2,1-2H3. The van der Waals surface area contributed by atoms with E-state index in [1.165, 1.54) is 11.1 Å². The van der Waals surface area contributed by atoms with Crippen LogP contribution in [0.3, 0.4) is 0 Å². The van der Waals surface area contributed by atoms with E-state index in [9.17, 15) is 5.11 Å². The van der Waals surface area contributed by atoms with Gasteiger partial charge in [-0.25, -0.2) is 4.98 Å². The van der Waals surface area contributed by atoms with Crippen molar-refractivity contribution in [2.75, 3.05) is 6.61 Å². The fourth-order valence-electron chi connectivity index (χ4n) is 2.38. The zero-order valence-corrected chi connectivity index (χ0v) is 11.6. The molecule has 4 nitrogen and oxygen atoms in total. The molecule has 1 atom stereocenters. The first kappa shape index (κ1) is 13.7. The van der Waals surface area contributed by atoms with Crippen molar-refractivity contribution >= 4 is 0 Å². The minimum absolute atomic E-state index is 0.0843. The highest BCUT2D eigenvalue weighted by molar-refractivity contribution is 5.29. The number of hydrogen-bond donors (Lipinski definition) is 1. The molecule has 2 aromatic rings. The van der Waals surface area contributed by atoms with Crippen LogP contribution < -0.4 is 0 Å². The number of rotatable bonds is 6. The van der Waals surface area contributed by atoms with Gasteiger partial charge in [0.05, 0.1) is 6.61 Å². The zero-order valence-electron chi connectivity index (χ0n) is 11.6. The third-order valence-corrected chi connectivity index (χ3v) is 3.41. The van der Waals surface area contributed by atoms with E-state index in [-0.39, 0.29) is 12.5 Å². The van der Waals surface area contributed by atoms with E-state index >= 15 is 0 Å². The van der Waals surface area contributed by atoms with E-state index in [1.54, 1.807) is 6.33 Å². The highest BCUT2D eigenvalue weighted by Gasteiger charge is 2.16. The summed E-state index contributed by atoms with van der Waals surface area (Å²) < 4.78 is 1.93. The summed E-state index contributed by atoms with van der Waals surface area (Å²) in [7, 11) is 0. The number of aromatic nitrogens is 3. The van der Waals surface area contributed by atoms with Crippen molar-refractivity contribution in [2.24, 2.45) is 0 Å². The molecule has 1 aromatic carbocycles. The summed E-state index contributed by atoms with van der Waals surface area (Å²) in [6, 6.07) is 8.19. The molecular weight excluding hydrogens is 238 g/mol. The number of hydrogen-bond acceptors (Lipinski definition) is 3. The van der Waals surface area contributed by atoms with Gasteiger partial charge in [-0.05, 0) is 24.5 Å². The number of benzene rings is 1. The highest BCUT2D eigenvalue weighted by atomic mass is 16.3. The average Bonchev–Trinajstić information content (AvgIpc) is 2.85. The van der Waals surface area contributed by atoms with Crippen molar-refractivity contribution in [3.8, 4) is 0 Å². The van der Waals surface area contributed by atoms with Crippen LogP contribution in [-0.4, -0.2) is 26.5 Å². The Hall–Kier alpha value is -1.68. The fraction of sp³-hybridized carbons (Fsp3) is 0.467. The van der Waals surface area contributed by atoms with E-state index in [0.29, 0.717) is 0 Å². The van der Waals surface area contributed by atoms with Gasteiger partial charge in [0.2, 0.25) is 0 Å². The molecule has 0 aliphatic rings. The van der Waals surface area contributed by atoms with Crippen molar-refractivity contribution in [3.63, 3.8) is 0 Å². The average molecular weight is 259 g/mol. The number of aliphatic hydroxyl groups is 1. The summed E-state index contributed by atoms with van der Waals surface area (Å²) >= 11 is 0. The second-order valence-electron chi connectivity index (χ2n) is 4.84. The molecule has 0 amide bonds.